The Morgan fingerprint density at radius 2 is 1.74 bits per heavy atom. The van der Waals surface area contributed by atoms with Gasteiger partial charge < -0.3 is 15.2 Å². The van der Waals surface area contributed by atoms with E-state index in [4.69, 9.17) is 10.5 Å². The highest BCUT2D eigenvalue weighted by Crippen LogP contribution is 2.33. The number of benzene rings is 2. The molecule has 0 aliphatic heterocycles. The predicted octanol–water partition coefficient (Wildman–Crippen LogP) is 4.43. The number of nitrogen functional groups attached to an aromatic ring is 1. The van der Waals surface area contributed by atoms with Gasteiger partial charge in [0.15, 0.2) is 5.75 Å². The lowest BCUT2D eigenvalue weighted by molar-refractivity contribution is -0.0499. The molecule has 2 aromatic rings. The zero-order valence-electron chi connectivity index (χ0n) is 9.65. The van der Waals surface area contributed by atoms with E-state index < -0.39 is 6.61 Å². The maximum Gasteiger partial charge on any atom is 0.387 e. The first-order valence-corrected chi connectivity index (χ1v) is 6.12. The fraction of sp³-hybridized carbons (Fsp3) is 0.0769. The summed E-state index contributed by atoms with van der Waals surface area (Å²) in [5, 5.41) is 0. The highest BCUT2D eigenvalue weighted by Gasteiger charge is 2.08. The highest BCUT2D eigenvalue weighted by atomic mass is 79.9. The van der Waals surface area contributed by atoms with Crippen molar-refractivity contribution in [1.82, 2.24) is 0 Å². The summed E-state index contributed by atoms with van der Waals surface area (Å²) in [6.45, 7) is -2.87. The van der Waals surface area contributed by atoms with E-state index in [1.54, 1.807) is 30.3 Å². The van der Waals surface area contributed by atoms with Crippen LogP contribution in [-0.2, 0) is 0 Å². The van der Waals surface area contributed by atoms with Crippen molar-refractivity contribution in [3.8, 4) is 17.2 Å². The number of nitrogens with two attached hydrogens (primary N) is 1. The van der Waals surface area contributed by atoms with E-state index in [-0.39, 0.29) is 5.75 Å². The minimum Gasteiger partial charge on any atom is -0.455 e. The molecule has 0 heterocycles. The number of anilines is 1. The average molecular weight is 330 g/mol. The van der Waals surface area contributed by atoms with Crippen LogP contribution >= 0.6 is 15.9 Å². The van der Waals surface area contributed by atoms with Crippen LogP contribution in [0, 0.1) is 0 Å². The lowest BCUT2D eigenvalue weighted by Crippen LogP contribution is -2.01. The van der Waals surface area contributed by atoms with Crippen molar-refractivity contribution < 1.29 is 18.3 Å². The van der Waals surface area contributed by atoms with E-state index >= 15 is 0 Å². The van der Waals surface area contributed by atoms with E-state index in [0.29, 0.717) is 21.7 Å². The number of alkyl halides is 2. The van der Waals surface area contributed by atoms with Crippen LogP contribution < -0.4 is 15.2 Å². The van der Waals surface area contributed by atoms with Crippen molar-refractivity contribution in [3.05, 3.63) is 46.9 Å². The third-order valence-electron chi connectivity index (χ3n) is 2.27. The number of ether oxygens (including phenoxy) is 2. The first-order chi connectivity index (χ1) is 9.06. The van der Waals surface area contributed by atoms with Crippen LogP contribution in [0.2, 0.25) is 0 Å². The fourth-order valence-electron chi connectivity index (χ4n) is 1.45. The Morgan fingerprint density at radius 1 is 1.05 bits per heavy atom. The molecule has 0 aromatic heterocycles. The van der Waals surface area contributed by atoms with E-state index in [9.17, 15) is 8.78 Å². The maximum atomic E-state index is 12.1. The van der Waals surface area contributed by atoms with E-state index in [2.05, 4.69) is 20.7 Å². The number of para-hydroxylation sites is 1. The topological polar surface area (TPSA) is 44.5 Å². The van der Waals surface area contributed by atoms with Gasteiger partial charge in [-0.1, -0.05) is 12.1 Å². The second-order valence-corrected chi connectivity index (χ2v) is 4.46. The van der Waals surface area contributed by atoms with Crippen LogP contribution in [0.15, 0.2) is 46.9 Å². The second kappa shape index (κ2) is 5.88. The Bertz CT molecular complexity index is 578. The van der Waals surface area contributed by atoms with Gasteiger partial charge in [0.25, 0.3) is 0 Å². The van der Waals surface area contributed by atoms with Crippen LogP contribution in [0.25, 0.3) is 0 Å². The molecule has 3 nitrogen and oxygen atoms in total. The zero-order valence-corrected chi connectivity index (χ0v) is 11.2. The standard InChI is InChI=1S/C13H10BrF2NO2/c14-10-5-2-6-11(12(10)17)18-8-3-1-4-9(7-8)19-13(15)16/h1-7,13H,17H2. The van der Waals surface area contributed by atoms with Crippen molar-refractivity contribution in [3.63, 3.8) is 0 Å². The van der Waals surface area contributed by atoms with Gasteiger partial charge in [0, 0.05) is 10.5 Å². The lowest BCUT2D eigenvalue weighted by atomic mass is 10.3. The van der Waals surface area contributed by atoms with Crippen LogP contribution in [0.3, 0.4) is 0 Å². The molecule has 0 bridgehead atoms. The predicted molar refractivity (Wildman–Crippen MR) is 71.7 cm³/mol. The van der Waals surface area contributed by atoms with Gasteiger partial charge in [-0.05, 0) is 40.2 Å². The van der Waals surface area contributed by atoms with Crippen LogP contribution in [-0.4, -0.2) is 6.61 Å². The molecule has 0 saturated heterocycles. The summed E-state index contributed by atoms with van der Waals surface area (Å²) in [5.74, 6) is 0.826. The number of hydrogen-bond donors (Lipinski definition) is 1. The van der Waals surface area contributed by atoms with Crippen molar-refractivity contribution in [2.75, 3.05) is 5.73 Å². The van der Waals surface area contributed by atoms with Gasteiger partial charge in [-0.2, -0.15) is 8.78 Å². The molecule has 0 amide bonds. The Balaban J connectivity index is 2.21. The van der Waals surface area contributed by atoms with E-state index in [0.717, 1.165) is 0 Å². The first kappa shape index (κ1) is 13.6. The minimum atomic E-state index is -2.87. The van der Waals surface area contributed by atoms with Crippen molar-refractivity contribution in [2.45, 2.75) is 6.61 Å². The molecule has 2 aromatic carbocycles. The molecule has 0 saturated carbocycles. The molecule has 2 rings (SSSR count). The Hall–Kier alpha value is -1.82. The van der Waals surface area contributed by atoms with Gasteiger partial charge in [0.2, 0.25) is 0 Å². The molecule has 2 N–H and O–H groups in total. The molecule has 0 aliphatic rings. The van der Waals surface area contributed by atoms with E-state index in [1.807, 2.05) is 0 Å². The summed E-state index contributed by atoms with van der Waals surface area (Å²) < 4.78 is 34.7. The molecule has 19 heavy (non-hydrogen) atoms. The summed E-state index contributed by atoms with van der Waals surface area (Å²) in [4.78, 5) is 0. The van der Waals surface area contributed by atoms with Crippen LogP contribution in [0.1, 0.15) is 0 Å². The van der Waals surface area contributed by atoms with E-state index in [1.165, 1.54) is 12.1 Å². The average Bonchev–Trinajstić information content (AvgIpc) is 2.35. The van der Waals surface area contributed by atoms with Gasteiger partial charge in [0.1, 0.15) is 11.5 Å². The first-order valence-electron chi connectivity index (χ1n) is 5.33. The van der Waals surface area contributed by atoms with Crippen molar-refractivity contribution in [2.24, 2.45) is 0 Å². The highest BCUT2D eigenvalue weighted by molar-refractivity contribution is 9.10. The third kappa shape index (κ3) is 3.57. The largest absolute Gasteiger partial charge is 0.455 e. The van der Waals surface area contributed by atoms with Crippen LogP contribution in [0.5, 0.6) is 17.2 Å². The van der Waals surface area contributed by atoms with Gasteiger partial charge >= 0.3 is 6.61 Å². The molecule has 0 aliphatic carbocycles. The van der Waals surface area contributed by atoms with Crippen molar-refractivity contribution in [1.29, 1.82) is 0 Å². The Morgan fingerprint density at radius 3 is 2.47 bits per heavy atom. The van der Waals surface area contributed by atoms with Gasteiger partial charge in [-0.3, -0.25) is 0 Å². The monoisotopic (exact) mass is 329 g/mol. The maximum absolute atomic E-state index is 12.1. The minimum absolute atomic E-state index is 0.0288. The summed E-state index contributed by atoms with van der Waals surface area (Å²) in [5.41, 5.74) is 6.26. The van der Waals surface area contributed by atoms with Gasteiger partial charge in [0.05, 0.1) is 5.69 Å². The smallest absolute Gasteiger partial charge is 0.387 e. The fourth-order valence-corrected chi connectivity index (χ4v) is 1.80. The molecule has 6 heteroatoms. The summed E-state index contributed by atoms with van der Waals surface area (Å²) in [6.07, 6.45) is 0. The quantitative estimate of drug-likeness (QED) is 0.844. The molecular formula is C13H10BrF2NO2. The third-order valence-corrected chi connectivity index (χ3v) is 2.96. The molecule has 0 atom stereocenters. The summed E-state index contributed by atoms with van der Waals surface area (Å²) in [7, 11) is 0. The zero-order chi connectivity index (χ0) is 13.8. The number of halogens is 3. The molecule has 0 spiro atoms. The normalized spacial score (nSPS) is 10.5. The summed E-state index contributed by atoms with van der Waals surface area (Å²) >= 11 is 3.28. The Labute approximate surface area is 117 Å². The molecule has 0 unspecified atom stereocenters. The molecule has 0 fully saturated rings. The van der Waals surface area contributed by atoms with Crippen LogP contribution in [0.4, 0.5) is 14.5 Å². The SMILES string of the molecule is Nc1c(Br)cccc1Oc1cccc(OC(F)F)c1. The lowest BCUT2D eigenvalue weighted by Gasteiger charge is -2.11. The van der Waals surface area contributed by atoms with Crippen molar-refractivity contribution >= 4 is 21.6 Å². The van der Waals surface area contributed by atoms with Gasteiger partial charge in [-0.15, -0.1) is 0 Å². The number of hydrogen-bond acceptors (Lipinski definition) is 3. The second-order valence-electron chi connectivity index (χ2n) is 3.61. The summed E-state index contributed by atoms with van der Waals surface area (Å²) in [6, 6.07) is 11.2. The molecule has 100 valence electrons. The molecular weight excluding hydrogens is 320 g/mol. The molecule has 0 radical (unpaired) electrons. The Kier molecular flexibility index (Phi) is 4.21. The van der Waals surface area contributed by atoms with Gasteiger partial charge in [-0.25, -0.2) is 0 Å². The number of rotatable bonds is 4.